The summed E-state index contributed by atoms with van der Waals surface area (Å²) in [5.74, 6) is -5.37. The van der Waals surface area contributed by atoms with Crippen molar-refractivity contribution in [3.63, 3.8) is 0 Å². The molecule has 18 heteroatoms. The molecule has 3 rings (SSSR count). The minimum atomic E-state index is -1.31. The van der Waals surface area contributed by atoms with Gasteiger partial charge in [0.2, 0.25) is 35.4 Å². The number of amides is 6. The molecule has 11 N–H and O–H groups in total. The predicted octanol–water partition coefficient (Wildman–Crippen LogP) is -4.13. The van der Waals surface area contributed by atoms with Crippen molar-refractivity contribution in [3.8, 4) is 5.75 Å². The van der Waals surface area contributed by atoms with Crippen LogP contribution in [0.4, 0.5) is 0 Å². The number of hydrogen-bond acceptors (Lipinski definition) is 11. The van der Waals surface area contributed by atoms with E-state index in [1.165, 1.54) is 43.0 Å². The third-order valence-electron chi connectivity index (χ3n) is 8.19. The first-order valence-electron chi connectivity index (χ1n) is 15.5. The molecule has 2 aliphatic heterocycles. The molecule has 0 aliphatic carbocycles. The average Bonchev–Trinajstić information content (AvgIpc) is 3.69. The highest BCUT2D eigenvalue weighted by molar-refractivity contribution is 5.96. The van der Waals surface area contributed by atoms with E-state index in [0.717, 1.165) is 4.90 Å². The van der Waals surface area contributed by atoms with Crippen LogP contribution in [0.3, 0.4) is 0 Å². The number of aliphatic hydroxyl groups is 1. The molecule has 1 aromatic rings. The second-order valence-electron chi connectivity index (χ2n) is 12.0. The molecule has 48 heavy (non-hydrogen) atoms. The van der Waals surface area contributed by atoms with E-state index in [9.17, 15) is 48.9 Å². The number of carbonyl (C=O) groups is 7. The maximum Gasteiger partial charge on any atom is 0.326 e. The zero-order valence-corrected chi connectivity index (χ0v) is 26.8. The van der Waals surface area contributed by atoms with Gasteiger partial charge < -0.3 is 57.9 Å². The minimum Gasteiger partial charge on any atom is -0.508 e. The molecule has 0 bridgehead atoms. The van der Waals surface area contributed by atoms with E-state index in [0.29, 0.717) is 12.0 Å². The normalized spacial score (nSPS) is 21.4. The lowest BCUT2D eigenvalue weighted by molar-refractivity contribution is -0.147. The van der Waals surface area contributed by atoms with Gasteiger partial charge in [-0.2, -0.15) is 0 Å². The largest absolute Gasteiger partial charge is 0.508 e. The summed E-state index contributed by atoms with van der Waals surface area (Å²) in [6.07, 6.45) is -0.521. The summed E-state index contributed by atoms with van der Waals surface area (Å²) in [5, 5.41) is 39.2. The van der Waals surface area contributed by atoms with Crippen LogP contribution >= 0.6 is 0 Å². The maximum absolute atomic E-state index is 13.7. The first-order valence-corrected chi connectivity index (χ1v) is 15.5. The summed E-state index contributed by atoms with van der Waals surface area (Å²) >= 11 is 0. The van der Waals surface area contributed by atoms with Crippen molar-refractivity contribution in [2.45, 2.75) is 81.9 Å². The van der Waals surface area contributed by atoms with E-state index in [1.54, 1.807) is 0 Å². The Labute approximate surface area is 276 Å². The van der Waals surface area contributed by atoms with Gasteiger partial charge >= 0.3 is 5.97 Å². The van der Waals surface area contributed by atoms with Gasteiger partial charge in [-0.15, -0.1) is 0 Å². The highest BCUT2D eigenvalue weighted by Gasteiger charge is 2.45. The lowest BCUT2D eigenvalue weighted by Gasteiger charge is -2.31. The zero-order chi connectivity index (χ0) is 35.7. The zero-order valence-electron chi connectivity index (χ0n) is 26.8. The number of carboxylic acid groups (broad SMARTS) is 1. The van der Waals surface area contributed by atoms with E-state index in [1.807, 2.05) is 0 Å². The fraction of sp³-hybridized carbons (Fsp3) is 0.567. The molecule has 1 unspecified atom stereocenters. The summed E-state index contributed by atoms with van der Waals surface area (Å²) < 4.78 is 0. The SMILES string of the molecule is CC(N)[C@@H](NC(=O)CN)C(=O)N[C@H](C)C(=O)NCC(=O)N1C[C@H](O)C[C@@H]1C(=O)N1CCC[C@@H]1C(=O)N[C@H](Cc1ccc(O)cc1)C(=O)O. The summed E-state index contributed by atoms with van der Waals surface area (Å²) in [6, 6.07) is -0.720. The molecule has 2 saturated heterocycles. The topological polar surface area (TPSA) is 287 Å². The molecule has 0 aromatic heterocycles. The van der Waals surface area contributed by atoms with Crippen LogP contribution in [-0.4, -0.2) is 135 Å². The van der Waals surface area contributed by atoms with Crippen LogP contribution in [0.25, 0.3) is 0 Å². The molecule has 1 aromatic carbocycles. The van der Waals surface area contributed by atoms with Crippen LogP contribution in [0.1, 0.15) is 38.7 Å². The van der Waals surface area contributed by atoms with Gasteiger partial charge in [-0.3, -0.25) is 28.8 Å². The molecule has 2 heterocycles. The number of rotatable bonds is 14. The highest BCUT2D eigenvalue weighted by Crippen LogP contribution is 2.25. The van der Waals surface area contributed by atoms with Crippen LogP contribution in [0.5, 0.6) is 5.75 Å². The fourth-order valence-electron chi connectivity index (χ4n) is 5.61. The van der Waals surface area contributed by atoms with Crippen LogP contribution < -0.4 is 32.7 Å². The Hall–Kier alpha value is -4.81. The number of benzene rings is 1. The van der Waals surface area contributed by atoms with Gasteiger partial charge in [0.05, 0.1) is 19.2 Å². The van der Waals surface area contributed by atoms with Crippen molar-refractivity contribution in [3.05, 3.63) is 29.8 Å². The van der Waals surface area contributed by atoms with Crippen LogP contribution in [-0.2, 0) is 40.0 Å². The third-order valence-corrected chi connectivity index (χ3v) is 8.19. The van der Waals surface area contributed by atoms with Gasteiger partial charge in [-0.25, -0.2) is 4.79 Å². The molecule has 18 nitrogen and oxygen atoms in total. The number of phenolic OH excluding ortho intramolecular Hbond substituents is 1. The molecule has 2 aliphatic rings. The number of aliphatic carboxylic acids is 1. The van der Waals surface area contributed by atoms with Crippen molar-refractivity contribution < 1.29 is 48.9 Å². The number of carbonyl (C=O) groups excluding carboxylic acids is 6. The van der Waals surface area contributed by atoms with Crippen molar-refractivity contribution in [2.24, 2.45) is 11.5 Å². The number of nitrogens with two attached hydrogens (primary N) is 2. The van der Waals surface area contributed by atoms with Gasteiger partial charge in [0.15, 0.2) is 0 Å². The van der Waals surface area contributed by atoms with Crippen LogP contribution in [0, 0.1) is 0 Å². The standard InChI is InChI=1S/C30H44N8O10/c1-15(32)25(36-23(41)12-31)28(45)34-16(2)26(43)33-13-24(42)38-14-19(40)11-22(38)29(46)37-9-3-4-21(37)27(44)35-20(30(47)48)10-17-5-7-18(39)8-6-17/h5-8,15-16,19-22,25,39-40H,3-4,9-14,31-32H2,1-2H3,(H,33,43)(H,34,45)(H,35,44)(H,36,41)(H,47,48)/t15?,16-,19-,20-,21-,22-,25-/m1/s1. The second kappa shape index (κ2) is 16.8. The maximum atomic E-state index is 13.7. The third kappa shape index (κ3) is 9.85. The van der Waals surface area contributed by atoms with Gasteiger partial charge in [-0.05, 0) is 44.4 Å². The number of carboxylic acids is 1. The molecule has 0 spiro atoms. The minimum absolute atomic E-state index is 0.00242. The van der Waals surface area contributed by atoms with Crippen LogP contribution in [0.2, 0.25) is 0 Å². The molecule has 264 valence electrons. The van der Waals surface area contributed by atoms with Crippen molar-refractivity contribution in [1.29, 1.82) is 0 Å². The fourth-order valence-corrected chi connectivity index (χ4v) is 5.61. The number of β-amino-alcohol motifs (C(OH)–C–C–N with tert-alkyl or cyclic N) is 1. The smallest absolute Gasteiger partial charge is 0.326 e. The van der Waals surface area contributed by atoms with Crippen molar-refractivity contribution in [1.82, 2.24) is 31.1 Å². The molecule has 7 atom stereocenters. The number of hydrogen-bond donors (Lipinski definition) is 9. The lowest BCUT2D eigenvalue weighted by Crippen LogP contribution is -2.59. The Morgan fingerprint density at radius 3 is 2.23 bits per heavy atom. The number of likely N-dealkylation sites (tertiary alicyclic amines) is 2. The van der Waals surface area contributed by atoms with Gasteiger partial charge in [0.1, 0.15) is 36.0 Å². The Kier molecular flexibility index (Phi) is 13.2. The summed E-state index contributed by atoms with van der Waals surface area (Å²) in [6.45, 7) is 1.86. The second-order valence-corrected chi connectivity index (χ2v) is 12.0. The van der Waals surface area contributed by atoms with E-state index in [2.05, 4.69) is 21.3 Å². The predicted molar refractivity (Wildman–Crippen MR) is 167 cm³/mol. The summed E-state index contributed by atoms with van der Waals surface area (Å²) in [4.78, 5) is 91.3. The van der Waals surface area contributed by atoms with Gasteiger partial charge in [0, 0.05) is 32.0 Å². The van der Waals surface area contributed by atoms with Gasteiger partial charge in [-0.1, -0.05) is 12.1 Å². The van der Waals surface area contributed by atoms with Gasteiger partial charge in [0.25, 0.3) is 0 Å². The molecular weight excluding hydrogens is 632 g/mol. The number of phenols is 1. The number of aromatic hydroxyl groups is 1. The molecule has 0 saturated carbocycles. The van der Waals surface area contributed by atoms with E-state index < -0.39 is 90.3 Å². The average molecular weight is 677 g/mol. The van der Waals surface area contributed by atoms with Crippen LogP contribution in [0.15, 0.2) is 24.3 Å². The highest BCUT2D eigenvalue weighted by atomic mass is 16.4. The van der Waals surface area contributed by atoms with E-state index in [4.69, 9.17) is 11.5 Å². The Morgan fingerprint density at radius 1 is 0.958 bits per heavy atom. The van der Waals surface area contributed by atoms with Crippen molar-refractivity contribution in [2.75, 3.05) is 26.2 Å². The Morgan fingerprint density at radius 2 is 1.62 bits per heavy atom. The number of aliphatic hydroxyl groups excluding tert-OH is 1. The molecule has 0 radical (unpaired) electrons. The molecular formula is C30H44N8O10. The lowest BCUT2D eigenvalue weighted by atomic mass is 10.0. The first-order chi connectivity index (χ1) is 22.6. The molecule has 6 amide bonds. The number of nitrogens with one attached hydrogen (secondary N) is 4. The number of nitrogens with zero attached hydrogens (tertiary/aromatic N) is 2. The first kappa shape index (κ1) is 37.6. The molecule has 2 fully saturated rings. The Balaban J connectivity index is 1.60. The summed E-state index contributed by atoms with van der Waals surface area (Å²) in [7, 11) is 0. The van der Waals surface area contributed by atoms with Crippen molar-refractivity contribution >= 4 is 41.4 Å². The van der Waals surface area contributed by atoms with E-state index >= 15 is 0 Å². The quantitative estimate of drug-likeness (QED) is 0.0908. The van der Waals surface area contributed by atoms with E-state index in [-0.39, 0.29) is 44.6 Å². The monoisotopic (exact) mass is 676 g/mol. The Bertz CT molecular complexity index is 1370. The summed E-state index contributed by atoms with van der Waals surface area (Å²) in [5.41, 5.74) is 11.6.